The second-order valence-corrected chi connectivity index (χ2v) is 9.82. The van der Waals surface area contributed by atoms with Crippen LogP contribution in [0.3, 0.4) is 0 Å². The normalized spacial score (nSPS) is 24.5. The van der Waals surface area contributed by atoms with Gasteiger partial charge in [0.25, 0.3) is 0 Å². The molecule has 1 fully saturated rings. The molecule has 0 spiro atoms. The number of carbonyl (C=O) groups is 1. The van der Waals surface area contributed by atoms with Gasteiger partial charge in [-0.05, 0) is 27.2 Å². The van der Waals surface area contributed by atoms with E-state index in [2.05, 4.69) is 25.3 Å². The van der Waals surface area contributed by atoms with Gasteiger partial charge >= 0.3 is 5.97 Å². The number of rotatable bonds is 5. The largest absolute Gasteiger partial charge is 0.459 e. The van der Waals surface area contributed by atoms with Crippen LogP contribution in [0, 0.1) is 0 Å². The van der Waals surface area contributed by atoms with E-state index in [4.69, 9.17) is 4.74 Å². The van der Waals surface area contributed by atoms with E-state index < -0.39 is 11.1 Å². The molecular formula is C20H23N5O2S2. The third kappa shape index (κ3) is 4.36. The van der Waals surface area contributed by atoms with Crippen molar-refractivity contribution in [2.45, 2.75) is 56.7 Å². The van der Waals surface area contributed by atoms with Crippen molar-refractivity contribution in [2.75, 3.05) is 0 Å². The number of ether oxygens (including phenoxy) is 1. The highest BCUT2D eigenvalue weighted by Crippen LogP contribution is 2.46. The monoisotopic (exact) mass is 429 g/mol. The average molecular weight is 430 g/mol. The quantitative estimate of drug-likeness (QED) is 0.621. The summed E-state index contributed by atoms with van der Waals surface area (Å²) in [5.74, 6) is -0.327. The van der Waals surface area contributed by atoms with E-state index in [1.807, 2.05) is 31.5 Å². The van der Waals surface area contributed by atoms with Crippen molar-refractivity contribution in [3.05, 3.63) is 57.5 Å². The van der Waals surface area contributed by atoms with Crippen LogP contribution in [0.25, 0.3) is 0 Å². The van der Waals surface area contributed by atoms with Gasteiger partial charge in [-0.3, -0.25) is 20.1 Å². The van der Waals surface area contributed by atoms with Crippen LogP contribution in [0.15, 0.2) is 41.1 Å². The molecule has 9 heteroatoms. The predicted octanol–water partition coefficient (Wildman–Crippen LogP) is 3.53. The van der Waals surface area contributed by atoms with Crippen molar-refractivity contribution in [1.29, 1.82) is 0 Å². The average Bonchev–Trinajstić information content (AvgIpc) is 3.42. The minimum absolute atomic E-state index is 0.0546. The summed E-state index contributed by atoms with van der Waals surface area (Å²) in [5, 5.41) is 8.42. The number of carbonyl (C=O) groups excluding carboxylic acids is 1. The van der Waals surface area contributed by atoms with Crippen molar-refractivity contribution in [3.63, 3.8) is 0 Å². The first-order chi connectivity index (χ1) is 13.9. The molecule has 0 bridgehead atoms. The molecule has 0 saturated carbocycles. The maximum Gasteiger partial charge on any atom is 0.327 e. The van der Waals surface area contributed by atoms with E-state index in [1.165, 1.54) is 11.3 Å². The molecule has 29 heavy (non-hydrogen) atoms. The molecule has 0 aromatic carbocycles. The van der Waals surface area contributed by atoms with Gasteiger partial charge in [0.05, 0.1) is 22.9 Å². The van der Waals surface area contributed by atoms with Crippen LogP contribution in [-0.2, 0) is 16.0 Å². The first-order valence-electron chi connectivity index (χ1n) is 9.40. The maximum atomic E-state index is 13.4. The molecule has 1 aliphatic rings. The van der Waals surface area contributed by atoms with Crippen LogP contribution >= 0.6 is 22.7 Å². The Morgan fingerprint density at radius 1 is 1.28 bits per heavy atom. The number of thiazole rings is 2. The summed E-state index contributed by atoms with van der Waals surface area (Å²) in [6.07, 6.45) is 7.86. The highest BCUT2D eigenvalue weighted by molar-refractivity contribution is 7.09. The Morgan fingerprint density at radius 3 is 2.76 bits per heavy atom. The van der Waals surface area contributed by atoms with Gasteiger partial charge in [0.15, 0.2) is 0 Å². The SMILES string of the molecule is CC(C)(C)OC(=O)[C@]1(Cc2cscn2)C[C@H](c2cnccn2)[C@H](c2nccs2)N1. The predicted molar refractivity (Wildman–Crippen MR) is 112 cm³/mol. The molecule has 0 aliphatic carbocycles. The molecule has 3 atom stereocenters. The van der Waals surface area contributed by atoms with Crippen LogP contribution in [0.5, 0.6) is 0 Å². The highest BCUT2D eigenvalue weighted by atomic mass is 32.1. The molecule has 3 aromatic rings. The zero-order valence-electron chi connectivity index (χ0n) is 16.5. The Labute approximate surface area is 177 Å². The number of hydrogen-bond donors (Lipinski definition) is 1. The molecule has 4 heterocycles. The number of nitrogens with zero attached hydrogens (tertiary/aromatic N) is 4. The van der Waals surface area contributed by atoms with Gasteiger partial charge in [-0.25, -0.2) is 9.97 Å². The van der Waals surface area contributed by atoms with Crippen LogP contribution in [0.2, 0.25) is 0 Å². The van der Waals surface area contributed by atoms with E-state index in [0.717, 1.165) is 16.4 Å². The van der Waals surface area contributed by atoms with Crippen molar-refractivity contribution in [1.82, 2.24) is 25.3 Å². The molecule has 152 valence electrons. The van der Waals surface area contributed by atoms with Gasteiger partial charge < -0.3 is 4.74 Å². The molecule has 0 amide bonds. The fourth-order valence-electron chi connectivity index (χ4n) is 3.70. The molecule has 7 nitrogen and oxygen atoms in total. The minimum Gasteiger partial charge on any atom is -0.459 e. The Hall–Kier alpha value is -2.23. The first kappa shape index (κ1) is 20.1. The van der Waals surface area contributed by atoms with E-state index in [0.29, 0.717) is 12.8 Å². The minimum atomic E-state index is -0.917. The standard InChI is InChI=1S/C20H23N5O2S2/c1-19(2,3)27-18(26)20(8-13-11-28-12-24-13)9-14(15-10-21-4-5-22-15)16(25-20)17-23-6-7-29-17/h4-7,10-12,14,16,25H,8-9H2,1-3H3/t14-,16-,20+/m1/s1. The number of nitrogens with one attached hydrogen (secondary N) is 1. The number of hydrogen-bond acceptors (Lipinski definition) is 9. The summed E-state index contributed by atoms with van der Waals surface area (Å²) in [4.78, 5) is 31.1. The van der Waals surface area contributed by atoms with Gasteiger partial charge in [0.2, 0.25) is 0 Å². The topological polar surface area (TPSA) is 89.9 Å². The van der Waals surface area contributed by atoms with Crippen molar-refractivity contribution in [3.8, 4) is 0 Å². The van der Waals surface area contributed by atoms with Crippen molar-refractivity contribution in [2.24, 2.45) is 0 Å². The lowest BCUT2D eigenvalue weighted by Gasteiger charge is -2.31. The second-order valence-electron chi connectivity index (χ2n) is 8.17. The van der Waals surface area contributed by atoms with E-state index in [-0.39, 0.29) is 17.9 Å². The van der Waals surface area contributed by atoms with Gasteiger partial charge in [0.1, 0.15) is 16.1 Å². The van der Waals surface area contributed by atoms with E-state index in [9.17, 15) is 4.79 Å². The molecule has 0 unspecified atom stereocenters. The zero-order chi connectivity index (χ0) is 20.5. The lowest BCUT2D eigenvalue weighted by molar-refractivity contribution is -0.162. The molecular weight excluding hydrogens is 406 g/mol. The fourth-order valence-corrected chi connectivity index (χ4v) is 5.01. The summed E-state index contributed by atoms with van der Waals surface area (Å²) in [6, 6.07) is -0.155. The summed E-state index contributed by atoms with van der Waals surface area (Å²) in [6.45, 7) is 5.65. The van der Waals surface area contributed by atoms with E-state index >= 15 is 0 Å². The Balaban J connectivity index is 1.75. The number of aromatic nitrogens is 4. The van der Waals surface area contributed by atoms with Crippen LogP contribution in [-0.4, -0.2) is 37.0 Å². The van der Waals surface area contributed by atoms with Crippen LogP contribution < -0.4 is 5.32 Å². The third-order valence-corrected chi connectivity index (χ3v) is 6.33. The second kappa shape index (κ2) is 7.89. The van der Waals surface area contributed by atoms with Gasteiger partial charge in [-0.1, -0.05) is 0 Å². The zero-order valence-corrected chi connectivity index (χ0v) is 18.2. The molecule has 3 aromatic heterocycles. The molecule has 4 rings (SSSR count). The smallest absolute Gasteiger partial charge is 0.327 e. The number of esters is 1. The van der Waals surface area contributed by atoms with E-state index in [1.54, 1.807) is 41.6 Å². The Bertz CT molecular complexity index is 941. The summed E-state index contributed by atoms with van der Waals surface area (Å²) < 4.78 is 5.84. The fraction of sp³-hybridized carbons (Fsp3) is 0.450. The highest BCUT2D eigenvalue weighted by Gasteiger charge is 2.53. The van der Waals surface area contributed by atoms with Gasteiger partial charge in [-0.15, -0.1) is 22.7 Å². The lowest BCUT2D eigenvalue weighted by atomic mass is 9.86. The molecule has 0 radical (unpaired) electrons. The third-order valence-electron chi connectivity index (χ3n) is 4.84. The Kier molecular flexibility index (Phi) is 5.46. The molecule has 1 saturated heterocycles. The molecule has 1 N–H and O–H groups in total. The summed E-state index contributed by atoms with van der Waals surface area (Å²) >= 11 is 3.08. The molecule has 1 aliphatic heterocycles. The summed E-state index contributed by atoms with van der Waals surface area (Å²) in [5.41, 5.74) is 1.98. The lowest BCUT2D eigenvalue weighted by Crippen LogP contribution is -2.52. The Morgan fingerprint density at radius 2 is 2.14 bits per heavy atom. The first-order valence-corrected chi connectivity index (χ1v) is 11.2. The van der Waals surface area contributed by atoms with Crippen LogP contribution in [0.4, 0.5) is 0 Å². The van der Waals surface area contributed by atoms with Crippen molar-refractivity contribution >= 4 is 28.6 Å². The van der Waals surface area contributed by atoms with Crippen LogP contribution in [0.1, 0.15) is 55.5 Å². The van der Waals surface area contributed by atoms with Crippen molar-refractivity contribution < 1.29 is 9.53 Å². The summed E-state index contributed by atoms with van der Waals surface area (Å²) in [7, 11) is 0. The van der Waals surface area contributed by atoms with Gasteiger partial charge in [-0.2, -0.15) is 0 Å². The maximum absolute atomic E-state index is 13.4. The van der Waals surface area contributed by atoms with Gasteiger partial charge in [0, 0.05) is 47.9 Å².